The van der Waals surface area contributed by atoms with Crippen molar-refractivity contribution in [3.05, 3.63) is 42.0 Å². The first-order valence-corrected chi connectivity index (χ1v) is 11.3. The van der Waals surface area contributed by atoms with Gasteiger partial charge in [-0.05, 0) is 81.7 Å². The molecule has 5 rings (SSSR count). The molecule has 31 heavy (non-hydrogen) atoms. The Hall–Kier alpha value is -2.12. The highest BCUT2D eigenvalue weighted by atomic mass is 19.1. The first-order valence-electron chi connectivity index (χ1n) is 11.3. The van der Waals surface area contributed by atoms with Gasteiger partial charge in [-0.25, -0.2) is 8.78 Å². The van der Waals surface area contributed by atoms with Crippen LogP contribution in [0.15, 0.2) is 30.3 Å². The average Bonchev–Trinajstić information content (AvgIpc) is 3.28. The van der Waals surface area contributed by atoms with Crippen LogP contribution in [0.3, 0.4) is 0 Å². The van der Waals surface area contributed by atoms with Gasteiger partial charge in [-0.3, -0.25) is 4.90 Å². The summed E-state index contributed by atoms with van der Waals surface area (Å²) in [6, 6.07) is 7.88. The Balaban J connectivity index is 1.17. The SMILES string of the molecule is CC1(C)CC(N2C[C@H]3C[C@@H](Nc4ccc(-c5cc(F)ccc5F)nn4)C[C@H]3C2)CCO1. The van der Waals surface area contributed by atoms with E-state index in [1.54, 1.807) is 12.1 Å². The van der Waals surface area contributed by atoms with Gasteiger partial charge in [0.2, 0.25) is 0 Å². The number of hydrogen-bond acceptors (Lipinski definition) is 5. The number of anilines is 1. The minimum Gasteiger partial charge on any atom is -0.375 e. The molecule has 4 atom stereocenters. The number of likely N-dealkylation sites (tertiary alicyclic amines) is 1. The number of benzene rings is 1. The fraction of sp³-hybridized carbons (Fsp3) is 0.583. The van der Waals surface area contributed by atoms with Gasteiger partial charge in [0.25, 0.3) is 0 Å². The molecule has 2 saturated heterocycles. The minimum absolute atomic E-state index is 0.00995. The lowest BCUT2D eigenvalue weighted by molar-refractivity contribution is -0.0811. The van der Waals surface area contributed by atoms with Gasteiger partial charge >= 0.3 is 0 Å². The number of aromatic nitrogens is 2. The molecule has 0 amide bonds. The smallest absolute Gasteiger partial charge is 0.148 e. The molecule has 7 heteroatoms. The van der Waals surface area contributed by atoms with Crippen molar-refractivity contribution >= 4 is 5.82 Å². The van der Waals surface area contributed by atoms with Crippen LogP contribution >= 0.6 is 0 Å². The molecule has 2 aromatic rings. The van der Waals surface area contributed by atoms with Crippen LogP contribution in [0, 0.1) is 23.5 Å². The maximum atomic E-state index is 14.0. The predicted octanol–water partition coefficient (Wildman–Crippen LogP) is 4.50. The number of fused-ring (bicyclic) bond motifs is 1. The molecule has 0 radical (unpaired) electrons. The molecule has 1 aliphatic carbocycles. The van der Waals surface area contributed by atoms with E-state index in [-0.39, 0.29) is 11.2 Å². The predicted molar refractivity (Wildman–Crippen MR) is 116 cm³/mol. The Kier molecular flexibility index (Phi) is 5.42. The summed E-state index contributed by atoms with van der Waals surface area (Å²) in [5, 5.41) is 11.8. The fourth-order valence-corrected chi connectivity index (χ4v) is 5.72. The number of halogens is 2. The number of nitrogens with one attached hydrogen (secondary N) is 1. The Labute approximate surface area is 182 Å². The molecule has 1 aromatic carbocycles. The minimum atomic E-state index is -0.502. The molecule has 2 aliphatic heterocycles. The first-order chi connectivity index (χ1) is 14.9. The molecule has 166 valence electrons. The van der Waals surface area contributed by atoms with E-state index in [4.69, 9.17) is 4.74 Å². The zero-order valence-corrected chi connectivity index (χ0v) is 18.2. The average molecular weight is 429 g/mol. The number of nitrogens with zero attached hydrogens (tertiary/aromatic N) is 3. The lowest BCUT2D eigenvalue weighted by atomic mass is 9.93. The van der Waals surface area contributed by atoms with E-state index in [0.29, 0.717) is 23.6 Å². The van der Waals surface area contributed by atoms with Crippen LogP contribution in [0.25, 0.3) is 11.3 Å². The van der Waals surface area contributed by atoms with Crippen molar-refractivity contribution in [2.45, 2.75) is 57.2 Å². The normalized spacial score (nSPS) is 30.3. The van der Waals surface area contributed by atoms with Crippen molar-refractivity contribution in [2.75, 3.05) is 25.0 Å². The third-order valence-corrected chi connectivity index (χ3v) is 7.19. The van der Waals surface area contributed by atoms with Crippen LogP contribution in [0.1, 0.15) is 39.5 Å². The maximum absolute atomic E-state index is 14.0. The second-order valence-electron chi connectivity index (χ2n) is 9.97. The largest absolute Gasteiger partial charge is 0.375 e. The summed E-state index contributed by atoms with van der Waals surface area (Å²) in [5.41, 5.74) is 0.455. The molecule has 0 bridgehead atoms. The molecule has 1 N–H and O–H groups in total. The molecule has 1 aromatic heterocycles. The highest BCUT2D eigenvalue weighted by Gasteiger charge is 2.44. The van der Waals surface area contributed by atoms with Crippen LogP contribution in [-0.4, -0.2) is 52.5 Å². The van der Waals surface area contributed by atoms with Crippen LogP contribution < -0.4 is 5.32 Å². The lowest BCUT2D eigenvalue weighted by Gasteiger charge is -2.40. The number of hydrogen-bond donors (Lipinski definition) is 1. The Morgan fingerprint density at radius 1 is 1.06 bits per heavy atom. The molecule has 3 fully saturated rings. The van der Waals surface area contributed by atoms with Crippen molar-refractivity contribution in [3.63, 3.8) is 0 Å². The van der Waals surface area contributed by atoms with Gasteiger partial charge in [0, 0.05) is 37.3 Å². The first kappa shape index (κ1) is 20.8. The fourth-order valence-electron chi connectivity index (χ4n) is 5.72. The third kappa shape index (κ3) is 4.44. The van der Waals surface area contributed by atoms with Crippen molar-refractivity contribution in [1.82, 2.24) is 15.1 Å². The number of rotatable bonds is 4. The quantitative estimate of drug-likeness (QED) is 0.777. The van der Waals surface area contributed by atoms with Crippen molar-refractivity contribution in [1.29, 1.82) is 0 Å². The maximum Gasteiger partial charge on any atom is 0.148 e. The molecule has 3 aliphatic rings. The van der Waals surface area contributed by atoms with Crippen LogP contribution in [0.4, 0.5) is 14.6 Å². The van der Waals surface area contributed by atoms with E-state index in [1.165, 1.54) is 13.1 Å². The Morgan fingerprint density at radius 3 is 2.52 bits per heavy atom. The van der Waals surface area contributed by atoms with E-state index in [0.717, 1.165) is 62.3 Å². The molecule has 0 spiro atoms. The van der Waals surface area contributed by atoms with Gasteiger partial charge in [-0.2, -0.15) is 0 Å². The van der Waals surface area contributed by atoms with Gasteiger partial charge in [-0.15, -0.1) is 10.2 Å². The second-order valence-corrected chi connectivity index (χ2v) is 9.97. The van der Waals surface area contributed by atoms with Crippen LogP contribution in [0.2, 0.25) is 0 Å². The van der Waals surface area contributed by atoms with Crippen LogP contribution in [-0.2, 0) is 4.74 Å². The monoisotopic (exact) mass is 428 g/mol. The molecular formula is C24H30F2N4O. The van der Waals surface area contributed by atoms with Crippen molar-refractivity contribution in [2.24, 2.45) is 11.8 Å². The zero-order valence-electron chi connectivity index (χ0n) is 18.2. The Morgan fingerprint density at radius 2 is 1.84 bits per heavy atom. The van der Waals surface area contributed by atoms with E-state index >= 15 is 0 Å². The molecule has 5 nitrogen and oxygen atoms in total. The van der Waals surface area contributed by atoms with Gasteiger partial charge in [0.05, 0.1) is 11.3 Å². The van der Waals surface area contributed by atoms with E-state index in [1.807, 2.05) is 0 Å². The third-order valence-electron chi connectivity index (χ3n) is 7.19. The molecule has 3 heterocycles. The van der Waals surface area contributed by atoms with Gasteiger partial charge in [0.15, 0.2) is 0 Å². The summed E-state index contributed by atoms with van der Waals surface area (Å²) in [4.78, 5) is 2.69. The highest BCUT2D eigenvalue weighted by Crippen LogP contribution is 2.41. The van der Waals surface area contributed by atoms with Crippen molar-refractivity contribution < 1.29 is 13.5 Å². The van der Waals surface area contributed by atoms with Crippen molar-refractivity contribution in [3.8, 4) is 11.3 Å². The number of ether oxygens (including phenoxy) is 1. The standard InChI is InChI=1S/C24H30F2N4O/c1-24(2)12-19(7-8-31-24)30-13-15-9-18(10-16(15)14-30)27-23-6-5-22(28-29-23)20-11-17(25)3-4-21(20)26/h3-6,11,15-16,18-19H,7-10,12-14H2,1-2H3,(H,27,29)/t15-,16+,18-,19?. The molecule has 1 unspecified atom stereocenters. The topological polar surface area (TPSA) is 50.3 Å². The Bertz CT molecular complexity index is 922. The van der Waals surface area contributed by atoms with Gasteiger partial charge < -0.3 is 10.1 Å². The second kappa shape index (κ2) is 8.10. The summed E-state index contributed by atoms with van der Waals surface area (Å²) < 4.78 is 33.3. The lowest BCUT2D eigenvalue weighted by Crippen LogP contribution is -2.45. The highest BCUT2D eigenvalue weighted by molar-refractivity contribution is 5.60. The summed E-state index contributed by atoms with van der Waals surface area (Å²) >= 11 is 0. The molecule has 1 saturated carbocycles. The zero-order chi connectivity index (χ0) is 21.6. The van der Waals surface area contributed by atoms with Gasteiger partial charge in [-0.1, -0.05) is 0 Å². The van der Waals surface area contributed by atoms with E-state index in [9.17, 15) is 8.78 Å². The summed E-state index contributed by atoms with van der Waals surface area (Å²) in [7, 11) is 0. The summed E-state index contributed by atoms with van der Waals surface area (Å²) in [5.74, 6) is 1.14. The van der Waals surface area contributed by atoms with Crippen LogP contribution in [0.5, 0.6) is 0 Å². The van der Waals surface area contributed by atoms with Gasteiger partial charge in [0.1, 0.15) is 17.5 Å². The summed E-state index contributed by atoms with van der Waals surface area (Å²) in [6.07, 6.45) is 4.52. The molecular weight excluding hydrogens is 398 g/mol. The van der Waals surface area contributed by atoms with E-state index < -0.39 is 11.6 Å². The summed E-state index contributed by atoms with van der Waals surface area (Å²) in [6.45, 7) is 7.61. The van der Waals surface area contributed by atoms with E-state index in [2.05, 4.69) is 34.3 Å².